The molecule has 0 unspecified atom stereocenters. The molecule has 1 amide bonds. The first-order valence-electron chi connectivity index (χ1n) is 7.53. The average Bonchev–Trinajstić information content (AvgIpc) is 2.50. The fourth-order valence-electron chi connectivity index (χ4n) is 2.48. The van der Waals surface area contributed by atoms with E-state index in [4.69, 9.17) is 4.74 Å². The number of carbonyl (C=O) groups excluding carboxylic acids is 1. The second-order valence-electron chi connectivity index (χ2n) is 5.43. The number of hydrogen-bond acceptors (Lipinski definition) is 3. The largest absolute Gasteiger partial charge is 0.481 e. The van der Waals surface area contributed by atoms with E-state index in [1.54, 1.807) is 6.92 Å². The molecule has 0 aromatic heterocycles. The number of amides is 1. The molecule has 1 aliphatic rings. The Kier molecular flexibility index (Phi) is 6.06. The van der Waals surface area contributed by atoms with Crippen LogP contribution in [0.5, 0.6) is 5.75 Å². The molecule has 1 N–H and O–H groups in total. The highest BCUT2D eigenvalue weighted by molar-refractivity contribution is 9.10. The maximum absolute atomic E-state index is 12.2. The van der Waals surface area contributed by atoms with Gasteiger partial charge < -0.3 is 15.0 Å². The quantitative estimate of drug-likeness (QED) is 0.883. The fourth-order valence-corrected chi connectivity index (χ4v) is 2.75. The Morgan fingerprint density at radius 2 is 2.00 bits per heavy atom. The molecule has 1 atom stereocenters. The van der Waals surface area contributed by atoms with Gasteiger partial charge in [0.2, 0.25) is 0 Å². The summed E-state index contributed by atoms with van der Waals surface area (Å²) in [6.07, 6.45) is 1.56. The Morgan fingerprint density at radius 3 is 2.57 bits per heavy atom. The minimum absolute atomic E-state index is 0.0344. The van der Waals surface area contributed by atoms with Crippen molar-refractivity contribution in [2.45, 2.75) is 38.8 Å². The molecule has 0 radical (unpaired) electrons. The lowest BCUT2D eigenvalue weighted by atomic mass is 10.0. The van der Waals surface area contributed by atoms with Crippen molar-refractivity contribution in [2.75, 3.05) is 19.6 Å². The third-order valence-corrected chi connectivity index (χ3v) is 4.41. The van der Waals surface area contributed by atoms with Crippen molar-refractivity contribution in [1.82, 2.24) is 10.2 Å². The van der Waals surface area contributed by atoms with Crippen LogP contribution in [0.4, 0.5) is 0 Å². The number of nitrogens with one attached hydrogen (secondary N) is 1. The van der Waals surface area contributed by atoms with Crippen molar-refractivity contribution in [1.29, 1.82) is 0 Å². The number of carbonyl (C=O) groups is 1. The zero-order chi connectivity index (χ0) is 15.2. The van der Waals surface area contributed by atoms with Crippen molar-refractivity contribution in [3.8, 4) is 5.75 Å². The fraction of sp³-hybridized carbons (Fsp3) is 0.562. The van der Waals surface area contributed by atoms with E-state index in [2.05, 4.69) is 33.1 Å². The first kappa shape index (κ1) is 16.3. The molecule has 0 spiro atoms. The Labute approximate surface area is 135 Å². The van der Waals surface area contributed by atoms with Gasteiger partial charge in [0.1, 0.15) is 5.75 Å². The lowest BCUT2D eigenvalue weighted by Gasteiger charge is -2.32. The van der Waals surface area contributed by atoms with Gasteiger partial charge in [0, 0.05) is 23.6 Å². The molecule has 1 fully saturated rings. The predicted molar refractivity (Wildman–Crippen MR) is 87.5 cm³/mol. The molecule has 1 heterocycles. The zero-order valence-electron chi connectivity index (χ0n) is 12.6. The van der Waals surface area contributed by atoms with E-state index in [9.17, 15) is 4.79 Å². The van der Waals surface area contributed by atoms with E-state index < -0.39 is 6.10 Å². The van der Waals surface area contributed by atoms with E-state index in [0.29, 0.717) is 5.75 Å². The maximum atomic E-state index is 12.2. The summed E-state index contributed by atoms with van der Waals surface area (Å²) in [5, 5.41) is 3.10. The van der Waals surface area contributed by atoms with Crippen LogP contribution >= 0.6 is 15.9 Å². The maximum Gasteiger partial charge on any atom is 0.260 e. The van der Waals surface area contributed by atoms with E-state index in [1.165, 1.54) is 0 Å². The van der Waals surface area contributed by atoms with Crippen LogP contribution < -0.4 is 10.1 Å². The average molecular weight is 355 g/mol. The van der Waals surface area contributed by atoms with Crippen molar-refractivity contribution in [2.24, 2.45) is 0 Å². The van der Waals surface area contributed by atoms with E-state index in [1.807, 2.05) is 24.3 Å². The first-order chi connectivity index (χ1) is 10.1. The Morgan fingerprint density at radius 1 is 1.38 bits per heavy atom. The van der Waals surface area contributed by atoms with Gasteiger partial charge in [-0.25, -0.2) is 0 Å². The summed E-state index contributed by atoms with van der Waals surface area (Å²) in [6.45, 7) is 7.17. The molecule has 1 saturated heterocycles. The first-order valence-corrected chi connectivity index (χ1v) is 8.32. The highest BCUT2D eigenvalue weighted by Crippen LogP contribution is 2.17. The molecular weight excluding hydrogens is 332 g/mol. The monoisotopic (exact) mass is 354 g/mol. The SMILES string of the molecule is CCN1CCC(NC(=O)[C@@H](C)Oc2ccc(Br)cc2)CC1. The Balaban J connectivity index is 1.78. The number of hydrogen-bond donors (Lipinski definition) is 1. The van der Waals surface area contributed by atoms with Gasteiger partial charge in [-0.2, -0.15) is 0 Å². The van der Waals surface area contributed by atoms with E-state index in [-0.39, 0.29) is 11.9 Å². The summed E-state index contributed by atoms with van der Waals surface area (Å²) in [5.74, 6) is 0.675. The number of piperidine rings is 1. The zero-order valence-corrected chi connectivity index (χ0v) is 14.2. The predicted octanol–water partition coefficient (Wildman–Crippen LogP) is 2.82. The van der Waals surface area contributed by atoms with Gasteiger partial charge in [-0.05, 0) is 50.6 Å². The second-order valence-corrected chi connectivity index (χ2v) is 6.35. The van der Waals surface area contributed by atoms with E-state index in [0.717, 1.165) is 36.9 Å². The van der Waals surface area contributed by atoms with Crippen LogP contribution in [0.15, 0.2) is 28.7 Å². The lowest BCUT2D eigenvalue weighted by molar-refractivity contribution is -0.128. The number of halogens is 1. The molecule has 0 bridgehead atoms. The molecule has 0 saturated carbocycles. The molecule has 116 valence electrons. The molecule has 1 aromatic carbocycles. The van der Waals surface area contributed by atoms with Gasteiger partial charge in [0.15, 0.2) is 6.10 Å². The van der Waals surface area contributed by atoms with Crippen molar-refractivity contribution < 1.29 is 9.53 Å². The standard InChI is InChI=1S/C16H23BrN2O2/c1-3-19-10-8-14(9-11-19)18-16(20)12(2)21-15-6-4-13(17)5-7-15/h4-7,12,14H,3,8-11H2,1-2H3,(H,18,20)/t12-/m1/s1. The van der Waals surface area contributed by atoms with Crippen molar-refractivity contribution in [3.05, 3.63) is 28.7 Å². The smallest absolute Gasteiger partial charge is 0.260 e. The van der Waals surface area contributed by atoms with Crippen LogP contribution in [-0.4, -0.2) is 42.6 Å². The summed E-state index contributed by atoms with van der Waals surface area (Å²) < 4.78 is 6.67. The lowest BCUT2D eigenvalue weighted by Crippen LogP contribution is -2.48. The third kappa shape index (κ3) is 5.00. The number of likely N-dealkylation sites (tertiary alicyclic amines) is 1. The Hall–Kier alpha value is -1.07. The normalized spacial score (nSPS) is 18.2. The van der Waals surface area contributed by atoms with E-state index >= 15 is 0 Å². The highest BCUT2D eigenvalue weighted by Gasteiger charge is 2.22. The molecular formula is C16H23BrN2O2. The molecule has 1 aliphatic heterocycles. The van der Waals surface area contributed by atoms with Crippen LogP contribution in [0.2, 0.25) is 0 Å². The Bertz CT molecular complexity index is 456. The topological polar surface area (TPSA) is 41.6 Å². The van der Waals surface area contributed by atoms with Gasteiger partial charge in [-0.1, -0.05) is 22.9 Å². The molecule has 1 aromatic rings. The van der Waals surface area contributed by atoms with Gasteiger partial charge in [-0.3, -0.25) is 4.79 Å². The van der Waals surface area contributed by atoms with Gasteiger partial charge in [0.05, 0.1) is 0 Å². The molecule has 2 rings (SSSR count). The minimum Gasteiger partial charge on any atom is -0.481 e. The van der Waals surface area contributed by atoms with Gasteiger partial charge in [0.25, 0.3) is 5.91 Å². The van der Waals surface area contributed by atoms with Crippen LogP contribution in [0.25, 0.3) is 0 Å². The van der Waals surface area contributed by atoms with Gasteiger partial charge >= 0.3 is 0 Å². The number of ether oxygens (including phenoxy) is 1. The number of nitrogens with zero attached hydrogens (tertiary/aromatic N) is 1. The highest BCUT2D eigenvalue weighted by atomic mass is 79.9. The summed E-state index contributed by atoms with van der Waals surface area (Å²) in [6, 6.07) is 7.79. The number of rotatable bonds is 5. The van der Waals surface area contributed by atoms with Crippen molar-refractivity contribution >= 4 is 21.8 Å². The van der Waals surface area contributed by atoms with Crippen LogP contribution in [0.3, 0.4) is 0 Å². The van der Waals surface area contributed by atoms with Crippen LogP contribution in [0.1, 0.15) is 26.7 Å². The van der Waals surface area contributed by atoms with Gasteiger partial charge in [-0.15, -0.1) is 0 Å². The van der Waals surface area contributed by atoms with Crippen LogP contribution in [0, 0.1) is 0 Å². The third-order valence-electron chi connectivity index (χ3n) is 3.88. The minimum atomic E-state index is -0.476. The summed E-state index contributed by atoms with van der Waals surface area (Å²) >= 11 is 3.38. The second kappa shape index (κ2) is 7.80. The molecule has 0 aliphatic carbocycles. The molecule has 21 heavy (non-hydrogen) atoms. The number of benzene rings is 1. The molecule has 4 nitrogen and oxygen atoms in total. The van der Waals surface area contributed by atoms with Crippen molar-refractivity contribution in [3.63, 3.8) is 0 Å². The summed E-state index contributed by atoms with van der Waals surface area (Å²) in [5.41, 5.74) is 0. The van der Waals surface area contributed by atoms with Crippen LogP contribution in [-0.2, 0) is 4.79 Å². The molecule has 5 heteroatoms. The summed E-state index contributed by atoms with van der Waals surface area (Å²) in [4.78, 5) is 14.6. The summed E-state index contributed by atoms with van der Waals surface area (Å²) in [7, 11) is 0.